The molecule has 0 spiro atoms. The highest BCUT2D eigenvalue weighted by atomic mass is 16.2. The van der Waals surface area contributed by atoms with E-state index in [0.29, 0.717) is 30.5 Å². The standard InChI is InChI=1S/C27H34N4O2/c1-18-26(23(11-12-28-18)20-8-4-3-5-9-20)27(33)30-16-21-14-22(17-30)25(15-29-19(2)32)31-13-7-6-10-24(21)31/h3-5,8-9,11-12,21-22,24-25H,6-7,10,13-17H2,1-2H3,(H,29,32)/t21-,22+,24+,25+/m1/s1. The Morgan fingerprint density at radius 1 is 1.09 bits per heavy atom. The van der Waals surface area contributed by atoms with Crippen LogP contribution >= 0.6 is 0 Å². The lowest BCUT2D eigenvalue weighted by Crippen LogP contribution is -2.66. The number of nitrogens with zero attached hydrogens (tertiary/aromatic N) is 3. The number of carbonyl (C=O) groups excluding carboxylic acids is 2. The molecule has 3 aliphatic rings. The molecule has 1 N–H and O–H groups in total. The molecule has 33 heavy (non-hydrogen) atoms. The number of likely N-dealkylation sites (tertiary alicyclic amines) is 1. The molecule has 2 aromatic rings. The third kappa shape index (κ3) is 4.29. The average molecular weight is 447 g/mol. The van der Waals surface area contributed by atoms with Crippen molar-refractivity contribution in [2.75, 3.05) is 26.2 Å². The normalized spacial score (nSPS) is 27.0. The highest BCUT2D eigenvalue weighted by Gasteiger charge is 2.48. The number of hydrogen-bond acceptors (Lipinski definition) is 4. The van der Waals surface area contributed by atoms with Gasteiger partial charge in [-0.2, -0.15) is 0 Å². The molecule has 5 rings (SSSR count). The van der Waals surface area contributed by atoms with E-state index < -0.39 is 0 Å². The van der Waals surface area contributed by atoms with Crippen molar-refractivity contribution in [3.8, 4) is 11.1 Å². The fraction of sp³-hybridized carbons (Fsp3) is 0.519. The molecule has 1 aromatic heterocycles. The summed E-state index contributed by atoms with van der Waals surface area (Å²) in [5.41, 5.74) is 3.51. The van der Waals surface area contributed by atoms with Crippen LogP contribution in [-0.4, -0.2) is 64.9 Å². The lowest BCUT2D eigenvalue weighted by molar-refractivity contribution is -0.120. The summed E-state index contributed by atoms with van der Waals surface area (Å²) in [4.78, 5) is 34.9. The summed E-state index contributed by atoms with van der Waals surface area (Å²) in [5, 5.41) is 3.07. The molecule has 0 radical (unpaired) electrons. The molecule has 0 saturated carbocycles. The van der Waals surface area contributed by atoms with Crippen molar-refractivity contribution in [1.82, 2.24) is 20.1 Å². The van der Waals surface area contributed by atoms with Gasteiger partial charge in [0, 0.05) is 44.8 Å². The number of benzene rings is 1. The van der Waals surface area contributed by atoms with Crippen molar-refractivity contribution in [2.45, 2.75) is 51.6 Å². The Kier molecular flexibility index (Phi) is 6.19. The topological polar surface area (TPSA) is 65.5 Å². The quantitative estimate of drug-likeness (QED) is 0.781. The van der Waals surface area contributed by atoms with Crippen molar-refractivity contribution in [3.05, 3.63) is 53.9 Å². The van der Waals surface area contributed by atoms with Crippen LogP contribution in [0.1, 0.15) is 48.7 Å². The van der Waals surface area contributed by atoms with Gasteiger partial charge in [-0.05, 0) is 61.8 Å². The van der Waals surface area contributed by atoms with Crippen LogP contribution in [-0.2, 0) is 4.79 Å². The summed E-state index contributed by atoms with van der Waals surface area (Å²) in [6.45, 7) is 6.86. The van der Waals surface area contributed by atoms with Crippen LogP contribution in [0.4, 0.5) is 0 Å². The second kappa shape index (κ2) is 9.26. The minimum Gasteiger partial charge on any atom is -0.355 e. The van der Waals surface area contributed by atoms with Crippen molar-refractivity contribution < 1.29 is 9.59 Å². The zero-order valence-electron chi connectivity index (χ0n) is 19.7. The number of carbonyl (C=O) groups is 2. The first kappa shape index (κ1) is 22.1. The van der Waals surface area contributed by atoms with E-state index >= 15 is 0 Å². The molecule has 174 valence electrons. The van der Waals surface area contributed by atoms with Gasteiger partial charge in [0.2, 0.25) is 5.91 Å². The van der Waals surface area contributed by atoms with Crippen molar-refractivity contribution in [2.24, 2.45) is 11.8 Å². The maximum Gasteiger partial charge on any atom is 0.256 e. The summed E-state index contributed by atoms with van der Waals surface area (Å²) in [6.07, 6.45) is 6.61. The summed E-state index contributed by atoms with van der Waals surface area (Å²) in [6, 6.07) is 12.9. The summed E-state index contributed by atoms with van der Waals surface area (Å²) in [5.74, 6) is 0.995. The number of amides is 2. The molecule has 3 aliphatic heterocycles. The molecule has 0 unspecified atom stereocenters. The number of hydrogen-bond donors (Lipinski definition) is 1. The van der Waals surface area contributed by atoms with Gasteiger partial charge in [-0.1, -0.05) is 36.8 Å². The van der Waals surface area contributed by atoms with E-state index in [2.05, 4.69) is 32.2 Å². The van der Waals surface area contributed by atoms with E-state index in [9.17, 15) is 9.59 Å². The molecule has 0 aliphatic carbocycles. The van der Waals surface area contributed by atoms with Gasteiger partial charge in [-0.25, -0.2) is 0 Å². The predicted molar refractivity (Wildman–Crippen MR) is 129 cm³/mol. The Hall–Kier alpha value is -2.73. The molecule has 6 nitrogen and oxygen atoms in total. The van der Waals surface area contributed by atoms with Crippen molar-refractivity contribution in [1.29, 1.82) is 0 Å². The number of fused-ring (bicyclic) bond motifs is 4. The van der Waals surface area contributed by atoms with Crippen molar-refractivity contribution >= 4 is 11.8 Å². The van der Waals surface area contributed by atoms with Crippen LogP contribution in [0.3, 0.4) is 0 Å². The number of rotatable bonds is 4. The number of piperidine rings is 3. The Morgan fingerprint density at radius 3 is 2.67 bits per heavy atom. The zero-order valence-corrected chi connectivity index (χ0v) is 19.7. The molecule has 3 fully saturated rings. The molecule has 4 heterocycles. The third-order valence-electron chi connectivity index (χ3n) is 7.91. The van der Waals surface area contributed by atoms with Crippen molar-refractivity contribution in [3.63, 3.8) is 0 Å². The van der Waals surface area contributed by atoms with Crippen LogP contribution < -0.4 is 5.32 Å². The Balaban J connectivity index is 1.45. The highest BCUT2D eigenvalue weighted by molar-refractivity contribution is 6.01. The van der Waals surface area contributed by atoms with Crippen LogP contribution in [0.25, 0.3) is 11.1 Å². The predicted octanol–water partition coefficient (Wildman–Crippen LogP) is 3.51. The minimum absolute atomic E-state index is 0.0212. The first-order chi connectivity index (χ1) is 16.0. The lowest BCUT2D eigenvalue weighted by atomic mass is 9.72. The monoisotopic (exact) mass is 446 g/mol. The smallest absolute Gasteiger partial charge is 0.256 e. The summed E-state index contributed by atoms with van der Waals surface area (Å²) in [7, 11) is 0. The molecule has 2 amide bonds. The maximum atomic E-state index is 14.0. The van der Waals surface area contributed by atoms with Gasteiger partial charge in [-0.3, -0.25) is 19.5 Å². The molecular formula is C27H34N4O2. The van der Waals surface area contributed by atoms with E-state index in [4.69, 9.17) is 0 Å². The molecule has 4 atom stereocenters. The van der Waals surface area contributed by atoms with Gasteiger partial charge in [0.1, 0.15) is 0 Å². The lowest BCUT2D eigenvalue weighted by Gasteiger charge is -2.56. The number of aromatic nitrogens is 1. The number of nitrogens with one attached hydrogen (secondary N) is 1. The average Bonchev–Trinajstić information content (AvgIpc) is 2.83. The van der Waals surface area contributed by atoms with Gasteiger partial charge in [0.05, 0.1) is 11.3 Å². The molecular weight excluding hydrogens is 412 g/mol. The number of aryl methyl sites for hydroxylation is 1. The molecule has 6 heteroatoms. The molecule has 3 saturated heterocycles. The zero-order chi connectivity index (χ0) is 22.9. The third-order valence-corrected chi connectivity index (χ3v) is 7.91. The first-order valence-electron chi connectivity index (χ1n) is 12.3. The van der Waals surface area contributed by atoms with Gasteiger partial charge >= 0.3 is 0 Å². The molecule has 2 bridgehead atoms. The summed E-state index contributed by atoms with van der Waals surface area (Å²) >= 11 is 0. The van der Waals surface area contributed by atoms with Gasteiger partial charge in [0.15, 0.2) is 0 Å². The van der Waals surface area contributed by atoms with Crippen LogP contribution in [0, 0.1) is 18.8 Å². The highest BCUT2D eigenvalue weighted by Crippen LogP contribution is 2.41. The van der Waals surface area contributed by atoms with E-state index in [1.165, 1.54) is 19.3 Å². The first-order valence-corrected chi connectivity index (χ1v) is 12.3. The van der Waals surface area contributed by atoms with E-state index in [-0.39, 0.29) is 11.8 Å². The van der Waals surface area contributed by atoms with Gasteiger partial charge in [0.25, 0.3) is 5.91 Å². The Labute approximate surface area is 196 Å². The van der Waals surface area contributed by atoms with Crippen LogP contribution in [0.2, 0.25) is 0 Å². The van der Waals surface area contributed by atoms with Crippen LogP contribution in [0.5, 0.6) is 0 Å². The SMILES string of the molecule is CC(=O)NC[C@H]1[C@H]2C[C@H](CN(C(=O)c3c(-c4ccccc4)ccnc3C)C2)[C@@H]2CCCCN21. The Bertz CT molecular complexity index is 1020. The Morgan fingerprint density at radius 2 is 1.88 bits per heavy atom. The maximum absolute atomic E-state index is 14.0. The fourth-order valence-electron chi connectivity index (χ4n) is 6.46. The van der Waals surface area contributed by atoms with Gasteiger partial charge in [-0.15, -0.1) is 0 Å². The summed E-state index contributed by atoms with van der Waals surface area (Å²) < 4.78 is 0. The van der Waals surface area contributed by atoms with E-state index in [0.717, 1.165) is 48.4 Å². The molecule has 1 aromatic carbocycles. The largest absolute Gasteiger partial charge is 0.355 e. The van der Waals surface area contributed by atoms with E-state index in [1.807, 2.05) is 31.2 Å². The second-order valence-corrected chi connectivity index (χ2v) is 9.96. The second-order valence-electron chi connectivity index (χ2n) is 9.96. The van der Waals surface area contributed by atoms with E-state index in [1.54, 1.807) is 13.1 Å². The van der Waals surface area contributed by atoms with Crippen LogP contribution in [0.15, 0.2) is 42.6 Å². The number of pyridine rings is 1. The fourth-order valence-corrected chi connectivity index (χ4v) is 6.46. The minimum atomic E-state index is 0.0212. The van der Waals surface area contributed by atoms with Gasteiger partial charge < -0.3 is 10.2 Å².